The zero-order valence-electron chi connectivity index (χ0n) is 16.6. The highest BCUT2D eigenvalue weighted by Gasteiger charge is 2.49. The maximum atomic E-state index is 13.3. The van der Waals surface area contributed by atoms with Crippen molar-refractivity contribution in [2.75, 3.05) is 13.2 Å². The van der Waals surface area contributed by atoms with Crippen LogP contribution in [-0.4, -0.2) is 35.0 Å². The van der Waals surface area contributed by atoms with Crippen LogP contribution in [0.25, 0.3) is 0 Å². The zero-order chi connectivity index (χ0) is 19.7. The van der Waals surface area contributed by atoms with Crippen LogP contribution < -0.4 is 5.32 Å². The van der Waals surface area contributed by atoms with Gasteiger partial charge in [0.2, 0.25) is 0 Å². The third kappa shape index (κ3) is 3.31. The summed E-state index contributed by atoms with van der Waals surface area (Å²) in [6.07, 6.45) is 3.31. The molecule has 0 radical (unpaired) electrons. The molecule has 3 amide bonds. The first-order chi connectivity index (χ1) is 13.5. The van der Waals surface area contributed by atoms with E-state index in [1.807, 2.05) is 38.1 Å². The Labute approximate surface area is 166 Å². The Morgan fingerprint density at radius 3 is 2.57 bits per heavy atom. The molecule has 5 nitrogen and oxygen atoms in total. The SMILES string of the molecule is CCN(Cc1ccccc1)CN1C(=O)N[C@](C)(c2ccc3c(c2)CCC3)C1=O. The molecule has 2 aromatic rings. The standard InChI is InChI=1S/C23H27N3O2/c1-3-25(15-17-8-5-4-6-9-17)16-26-21(27)23(2,24-22(26)28)20-13-12-18-10-7-11-19(18)14-20/h4-6,8-9,12-14H,3,7,10-11,15-16H2,1-2H3,(H,24,28)/t23-/m1/s1. The zero-order valence-corrected chi connectivity index (χ0v) is 16.6. The van der Waals surface area contributed by atoms with E-state index in [9.17, 15) is 9.59 Å². The topological polar surface area (TPSA) is 52.6 Å². The van der Waals surface area contributed by atoms with Crippen molar-refractivity contribution in [2.45, 2.75) is 45.2 Å². The number of fused-ring (bicyclic) bond motifs is 1. The van der Waals surface area contributed by atoms with Gasteiger partial charge < -0.3 is 5.32 Å². The summed E-state index contributed by atoms with van der Waals surface area (Å²) in [5, 5.41) is 2.94. The predicted octanol–water partition coefficient (Wildman–Crippen LogP) is 3.42. The van der Waals surface area contributed by atoms with Crippen molar-refractivity contribution in [1.29, 1.82) is 0 Å². The molecule has 1 heterocycles. The van der Waals surface area contributed by atoms with Crippen molar-refractivity contribution in [3.8, 4) is 0 Å². The van der Waals surface area contributed by atoms with Crippen molar-refractivity contribution in [2.24, 2.45) is 0 Å². The molecule has 1 saturated heterocycles. The molecule has 0 unspecified atom stereocenters. The molecule has 28 heavy (non-hydrogen) atoms. The third-order valence-electron chi connectivity index (χ3n) is 5.99. The monoisotopic (exact) mass is 377 g/mol. The molecule has 0 bridgehead atoms. The van der Waals surface area contributed by atoms with Crippen LogP contribution in [0.3, 0.4) is 0 Å². The third-order valence-corrected chi connectivity index (χ3v) is 5.99. The normalized spacial score (nSPS) is 21.3. The van der Waals surface area contributed by atoms with Crippen molar-refractivity contribution < 1.29 is 9.59 Å². The minimum atomic E-state index is -0.999. The van der Waals surface area contributed by atoms with Gasteiger partial charge in [0, 0.05) is 6.54 Å². The lowest BCUT2D eigenvalue weighted by Crippen LogP contribution is -2.43. The lowest BCUT2D eigenvalue weighted by Gasteiger charge is -2.26. The highest BCUT2D eigenvalue weighted by Crippen LogP contribution is 2.32. The molecule has 1 fully saturated rings. The van der Waals surface area contributed by atoms with E-state index in [2.05, 4.69) is 34.5 Å². The summed E-state index contributed by atoms with van der Waals surface area (Å²) in [7, 11) is 0. The highest BCUT2D eigenvalue weighted by molar-refractivity contribution is 6.07. The van der Waals surface area contributed by atoms with E-state index in [0.717, 1.165) is 36.9 Å². The number of hydrogen-bond donors (Lipinski definition) is 1. The largest absolute Gasteiger partial charge is 0.326 e. The molecule has 2 aliphatic rings. The van der Waals surface area contributed by atoms with Gasteiger partial charge in [-0.15, -0.1) is 0 Å². The second-order valence-electron chi connectivity index (χ2n) is 7.90. The van der Waals surface area contributed by atoms with E-state index in [0.29, 0.717) is 6.54 Å². The second-order valence-corrected chi connectivity index (χ2v) is 7.90. The smallest absolute Gasteiger partial charge is 0.319 e. The van der Waals surface area contributed by atoms with E-state index >= 15 is 0 Å². The molecule has 0 aromatic heterocycles. The van der Waals surface area contributed by atoms with Crippen LogP contribution in [-0.2, 0) is 29.7 Å². The molecule has 1 aliphatic heterocycles. The van der Waals surface area contributed by atoms with Crippen LogP contribution in [0.5, 0.6) is 0 Å². The fourth-order valence-corrected chi connectivity index (χ4v) is 4.21. The number of urea groups is 1. The number of aryl methyl sites for hydroxylation is 2. The fourth-order valence-electron chi connectivity index (χ4n) is 4.21. The van der Waals surface area contributed by atoms with Crippen LogP contribution in [0.15, 0.2) is 48.5 Å². The number of carbonyl (C=O) groups is 2. The number of rotatable bonds is 6. The lowest BCUT2D eigenvalue weighted by molar-refractivity contribution is -0.132. The Morgan fingerprint density at radius 2 is 1.82 bits per heavy atom. The van der Waals surface area contributed by atoms with Crippen molar-refractivity contribution in [1.82, 2.24) is 15.1 Å². The molecule has 2 aromatic carbocycles. The quantitative estimate of drug-likeness (QED) is 0.785. The minimum Gasteiger partial charge on any atom is -0.319 e. The number of imide groups is 1. The molecule has 0 spiro atoms. The highest BCUT2D eigenvalue weighted by atomic mass is 16.2. The van der Waals surface area contributed by atoms with E-state index < -0.39 is 5.54 Å². The molecule has 1 aliphatic carbocycles. The van der Waals surface area contributed by atoms with Gasteiger partial charge in [0.1, 0.15) is 5.54 Å². The summed E-state index contributed by atoms with van der Waals surface area (Å²) >= 11 is 0. The first-order valence-corrected chi connectivity index (χ1v) is 10.0. The van der Waals surface area contributed by atoms with E-state index in [-0.39, 0.29) is 18.6 Å². The predicted molar refractivity (Wildman–Crippen MR) is 109 cm³/mol. The maximum Gasteiger partial charge on any atom is 0.326 e. The summed E-state index contributed by atoms with van der Waals surface area (Å²) in [6, 6.07) is 16.0. The van der Waals surface area contributed by atoms with Gasteiger partial charge in [-0.3, -0.25) is 9.69 Å². The van der Waals surface area contributed by atoms with Gasteiger partial charge >= 0.3 is 6.03 Å². The van der Waals surface area contributed by atoms with Crippen LogP contribution in [0.2, 0.25) is 0 Å². The number of benzene rings is 2. The first kappa shape index (κ1) is 18.7. The van der Waals surface area contributed by atoms with E-state index in [1.54, 1.807) is 0 Å². The number of amides is 3. The van der Waals surface area contributed by atoms with Gasteiger partial charge in [-0.2, -0.15) is 0 Å². The van der Waals surface area contributed by atoms with Gasteiger partial charge in [-0.25, -0.2) is 9.69 Å². The van der Waals surface area contributed by atoms with Crippen LogP contribution in [0, 0.1) is 0 Å². The Bertz CT molecular complexity index is 896. The van der Waals surface area contributed by atoms with Crippen LogP contribution in [0.1, 0.15) is 42.5 Å². The van der Waals surface area contributed by atoms with E-state index in [4.69, 9.17) is 0 Å². The fraction of sp³-hybridized carbons (Fsp3) is 0.391. The van der Waals surface area contributed by atoms with Gasteiger partial charge in [0.05, 0.1) is 6.67 Å². The summed E-state index contributed by atoms with van der Waals surface area (Å²) in [4.78, 5) is 29.4. The average molecular weight is 377 g/mol. The molecule has 146 valence electrons. The number of nitrogens with one attached hydrogen (secondary N) is 1. The van der Waals surface area contributed by atoms with E-state index in [1.165, 1.54) is 16.0 Å². The molecule has 1 N–H and O–H groups in total. The Hall–Kier alpha value is -2.66. The maximum absolute atomic E-state index is 13.3. The summed E-state index contributed by atoms with van der Waals surface area (Å²) < 4.78 is 0. The van der Waals surface area contributed by atoms with Crippen LogP contribution in [0.4, 0.5) is 4.79 Å². The van der Waals surface area contributed by atoms with Gasteiger partial charge in [0.15, 0.2) is 0 Å². The number of carbonyl (C=O) groups excluding carboxylic acids is 2. The minimum absolute atomic E-state index is 0.179. The van der Waals surface area contributed by atoms with Gasteiger partial charge in [0.25, 0.3) is 5.91 Å². The van der Waals surface area contributed by atoms with Crippen molar-refractivity contribution >= 4 is 11.9 Å². The molecule has 5 heteroatoms. The molecule has 0 saturated carbocycles. The lowest BCUT2D eigenvalue weighted by atomic mass is 9.90. The second kappa shape index (κ2) is 7.40. The Balaban J connectivity index is 1.53. The van der Waals surface area contributed by atoms with Crippen LogP contribution >= 0.6 is 0 Å². The van der Waals surface area contributed by atoms with Crippen molar-refractivity contribution in [3.05, 3.63) is 70.8 Å². The molecular weight excluding hydrogens is 350 g/mol. The molecule has 4 rings (SSSR count). The summed E-state index contributed by atoms with van der Waals surface area (Å²) in [5.74, 6) is -0.179. The number of nitrogens with zero attached hydrogens (tertiary/aromatic N) is 2. The summed E-state index contributed by atoms with van der Waals surface area (Å²) in [6.45, 7) is 5.60. The average Bonchev–Trinajstić information content (AvgIpc) is 3.26. The van der Waals surface area contributed by atoms with Gasteiger partial charge in [-0.05, 0) is 55.0 Å². The molecule has 1 atom stereocenters. The number of hydrogen-bond acceptors (Lipinski definition) is 3. The molecular formula is C23H27N3O2. The summed E-state index contributed by atoms with van der Waals surface area (Å²) in [5.41, 5.74) is 3.71. The van der Waals surface area contributed by atoms with Gasteiger partial charge in [-0.1, -0.05) is 55.5 Å². The van der Waals surface area contributed by atoms with Crippen molar-refractivity contribution in [3.63, 3.8) is 0 Å². The first-order valence-electron chi connectivity index (χ1n) is 10.0. The Morgan fingerprint density at radius 1 is 1.07 bits per heavy atom. The Kier molecular flexibility index (Phi) is 4.94.